The number of amides is 2. The van der Waals surface area contributed by atoms with Gasteiger partial charge in [0.15, 0.2) is 0 Å². The third kappa shape index (κ3) is 4.56. The molecule has 8 heteroatoms. The van der Waals surface area contributed by atoms with Crippen LogP contribution in [0.3, 0.4) is 0 Å². The Morgan fingerprint density at radius 3 is 3.07 bits per heavy atom. The van der Waals surface area contributed by atoms with E-state index in [2.05, 4.69) is 15.6 Å². The molecule has 1 aromatic heterocycles. The van der Waals surface area contributed by atoms with Crippen molar-refractivity contribution in [1.29, 1.82) is 0 Å². The Morgan fingerprint density at radius 2 is 2.29 bits per heavy atom. The van der Waals surface area contributed by atoms with E-state index >= 15 is 0 Å². The minimum atomic E-state index is -0.112. The highest BCUT2D eigenvalue weighted by Gasteiger charge is 2.33. The molecule has 0 aliphatic carbocycles. The lowest BCUT2D eigenvalue weighted by molar-refractivity contribution is -0.131. The van der Waals surface area contributed by atoms with Gasteiger partial charge in [-0.2, -0.15) is 0 Å². The minimum absolute atomic E-state index is 0.0711. The molecule has 2 atom stereocenters. The second-order valence-electron chi connectivity index (χ2n) is 7.35. The van der Waals surface area contributed by atoms with Crippen LogP contribution in [0.4, 0.5) is 0 Å². The quantitative estimate of drug-likeness (QED) is 0.762. The summed E-state index contributed by atoms with van der Waals surface area (Å²) in [6, 6.07) is 7.54. The highest BCUT2D eigenvalue weighted by atomic mass is 32.2. The van der Waals surface area contributed by atoms with Gasteiger partial charge in [-0.25, -0.2) is 4.98 Å². The standard InChI is InChI=1S/C20H25N5O2S/c26-19(17-3-1-2-15(8-17)12-24-5-4-21-13-24)23-11-16-9-18(22-10-16)20(27)25-6-7-28-14-25/h1-5,8,13,16,18,22H,6-7,9-12,14H2,(H,23,26). The number of nitrogens with zero attached hydrogens (tertiary/aromatic N) is 3. The molecule has 3 heterocycles. The number of nitrogens with one attached hydrogen (secondary N) is 2. The molecule has 2 aliphatic rings. The molecule has 0 bridgehead atoms. The first-order chi connectivity index (χ1) is 13.7. The van der Waals surface area contributed by atoms with Crippen molar-refractivity contribution < 1.29 is 9.59 Å². The molecule has 2 unspecified atom stereocenters. The van der Waals surface area contributed by atoms with Crippen molar-refractivity contribution in [3.8, 4) is 0 Å². The van der Waals surface area contributed by atoms with E-state index in [9.17, 15) is 9.59 Å². The Morgan fingerprint density at radius 1 is 1.36 bits per heavy atom. The van der Waals surface area contributed by atoms with Gasteiger partial charge in [0.2, 0.25) is 5.91 Å². The molecule has 0 saturated carbocycles. The summed E-state index contributed by atoms with van der Waals surface area (Å²) in [6.45, 7) is 2.87. The van der Waals surface area contributed by atoms with Crippen molar-refractivity contribution in [1.82, 2.24) is 25.1 Å². The van der Waals surface area contributed by atoms with Gasteiger partial charge in [0.25, 0.3) is 5.91 Å². The Bertz CT molecular complexity index is 820. The average molecular weight is 400 g/mol. The number of benzene rings is 1. The largest absolute Gasteiger partial charge is 0.352 e. The number of hydrogen-bond donors (Lipinski definition) is 2. The molecule has 1 aromatic carbocycles. The van der Waals surface area contributed by atoms with Crippen LogP contribution in [0.25, 0.3) is 0 Å². The van der Waals surface area contributed by atoms with Gasteiger partial charge in [-0.15, -0.1) is 11.8 Å². The third-order valence-corrected chi connectivity index (χ3v) is 6.21. The predicted octanol–water partition coefficient (Wildman–Crippen LogP) is 1.17. The molecule has 148 valence electrons. The summed E-state index contributed by atoms with van der Waals surface area (Å²) >= 11 is 1.80. The van der Waals surface area contributed by atoms with Crippen LogP contribution in [-0.2, 0) is 11.3 Å². The zero-order chi connectivity index (χ0) is 19.3. The first-order valence-electron chi connectivity index (χ1n) is 9.62. The van der Waals surface area contributed by atoms with Crippen LogP contribution in [0.15, 0.2) is 43.0 Å². The predicted molar refractivity (Wildman–Crippen MR) is 109 cm³/mol. The lowest BCUT2D eigenvalue weighted by Gasteiger charge is -2.19. The summed E-state index contributed by atoms with van der Waals surface area (Å²) in [7, 11) is 0. The summed E-state index contributed by atoms with van der Waals surface area (Å²) in [4.78, 5) is 31.0. The van der Waals surface area contributed by atoms with Crippen LogP contribution in [-0.4, -0.2) is 63.6 Å². The molecule has 4 rings (SSSR count). The molecule has 2 saturated heterocycles. The first-order valence-corrected chi connectivity index (χ1v) is 10.8. The molecular weight excluding hydrogens is 374 g/mol. The first kappa shape index (κ1) is 19.0. The maximum atomic E-state index is 12.6. The molecule has 0 radical (unpaired) electrons. The zero-order valence-corrected chi connectivity index (χ0v) is 16.5. The van der Waals surface area contributed by atoms with E-state index < -0.39 is 0 Å². The van der Waals surface area contributed by atoms with Crippen molar-refractivity contribution in [2.75, 3.05) is 31.3 Å². The van der Waals surface area contributed by atoms with E-state index in [1.807, 2.05) is 39.9 Å². The molecule has 7 nitrogen and oxygen atoms in total. The van der Waals surface area contributed by atoms with Gasteiger partial charge >= 0.3 is 0 Å². The van der Waals surface area contributed by atoms with Crippen LogP contribution >= 0.6 is 11.8 Å². The molecule has 2 aromatic rings. The Balaban J connectivity index is 1.27. The molecule has 2 fully saturated rings. The normalized spacial score (nSPS) is 21.8. The van der Waals surface area contributed by atoms with E-state index in [1.165, 1.54) is 0 Å². The number of thioether (sulfide) groups is 1. The topological polar surface area (TPSA) is 79.3 Å². The van der Waals surface area contributed by atoms with Gasteiger partial charge in [-0.05, 0) is 30.0 Å². The third-order valence-electron chi connectivity index (χ3n) is 5.25. The molecule has 28 heavy (non-hydrogen) atoms. The highest BCUT2D eigenvalue weighted by molar-refractivity contribution is 7.99. The summed E-state index contributed by atoms with van der Waals surface area (Å²) < 4.78 is 1.97. The summed E-state index contributed by atoms with van der Waals surface area (Å²) in [5.74, 6) is 2.23. The van der Waals surface area contributed by atoms with Crippen LogP contribution in [0, 0.1) is 5.92 Å². The van der Waals surface area contributed by atoms with E-state index in [0.717, 1.165) is 36.7 Å². The number of aromatic nitrogens is 2. The van der Waals surface area contributed by atoms with E-state index in [4.69, 9.17) is 0 Å². The van der Waals surface area contributed by atoms with Gasteiger partial charge in [0, 0.05) is 49.9 Å². The van der Waals surface area contributed by atoms with Gasteiger partial charge in [0.05, 0.1) is 18.2 Å². The van der Waals surface area contributed by atoms with E-state index in [1.54, 1.807) is 24.3 Å². The number of rotatable bonds is 6. The van der Waals surface area contributed by atoms with Crippen molar-refractivity contribution in [2.24, 2.45) is 5.92 Å². The van der Waals surface area contributed by atoms with Crippen LogP contribution < -0.4 is 10.6 Å². The molecule has 0 spiro atoms. The van der Waals surface area contributed by atoms with Gasteiger partial charge in [-0.1, -0.05) is 12.1 Å². The number of hydrogen-bond acceptors (Lipinski definition) is 5. The monoisotopic (exact) mass is 399 g/mol. The van der Waals surface area contributed by atoms with Crippen LogP contribution in [0.5, 0.6) is 0 Å². The fourth-order valence-electron chi connectivity index (χ4n) is 3.70. The molecule has 2 N–H and O–H groups in total. The average Bonchev–Trinajstić information content (AvgIpc) is 3.48. The molecule has 2 aliphatic heterocycles. The number of carbonyl (C=O) groups is 2. The fourth-order valence-corrected chi connectivity index (χ4v) is 4.66. The Labute approximate surface area is 168 Å². The van der Waals surface area contributed by atoms with Gasteiger partial charge in [0.1, 0.15) is 0 Å². The van der Waals surface area contributed by atoms with Crippen LogP contribution in [0.1, 0.15) is 22.3 Å². The lowest BCUT2D eigenvalue weighted by Crippen LogP contribution is -2.42. The fraction of sp³-hybridized carbons (Fsp3) is 0.450. The van der Waals surface area contributed by atoms with Gasteiger partial charge < -0.3 is 20.1 Å². The second kappa shape index (κ2) is 8.79. The second-order valence-corrected chi connectivity index (χ2v) is 8.42. The maximum Gasteiger partial charge on any atom is 0.251 e. The molecule has 2 amide bonds. The van der Waals surface area contributed by atoms with Crippen LogP contribution in [0.2, 0.25) is 0 Å². The number of imidazole rings is 1. The van der Waals surface area contributed by atoms with E-state index in [-0.39, 0.29) is 23.8 Å². The highest BCUT2D eigenvalue weighted by Crippen LogP contribution is 2.20. The van der Waals surface area contributed by atoms with Crippen molar-refractivity contribution in [2.45, 2.75) is 19.0 Å². The smallest absolute Gasteiger partial charge is 0.251 e. The Kier molecular flexibility index (Phi) is 5.97. The molecular formula is C20H25N5O2S. The zero-order valence-electron chi connectivity index (χ0n) is 15.7. The summed E-state index contributed by atoms with van der Waals surface area (Å²) in [5.41, 5.74) is 1.72. The maximum absolute atomic E-state index is 12.6. The van der Waals surface area contributed by atoms with Crippen molar-refractivity contribution >= 4 is 23.6 Å². The number of carbonyl (C=O) groups excluding carboxylic acids is 2. The minimum Gasteiger partial charge on any atom is -0.352 e. The van der Waals surface area contributed by atoms with Gasteiger partial charge in [-0.3, -0.25) is 9.59 Å². The van der Waals surface area contributed by atoms with E-state index in [0.29, 0.717) is 18.7 Å². The van der Waals surface area contributed by atoms with Crippen molar-refractivity contribution in [3.63, 3.8) is 0 Å². The SMILES string of the molecule is O=C(NCC1CNC(C(=O)N2CCSC2)C1)c1cccc(Cn2ccnc2)c1. The summed E-state index contributed by atoms with van der Waals surface area (Å²) in [6.07, 6.45) is 6.19. The van der Waals surface area contributed by atoms with Crippen molar-refractivity contribution in [3.05, 3.63) is 54.1 Å². The lowest BCUT2D eigenvalue weighted by atomic mass is 10.0. The summed E-state index contributed by atoms with van der Waals surface area (Å²) in [5, 5.41) is 6.35. The Hall–Kier alpha value is -2.32.